The molecule has 0 radical (unpaired) electrons. The number of aryl methyl sites for hydroxylation is 1. The molecule has 1 heteroatoms. The Morgan fingerprint density at radius 1 is 1.15 bits per heavy atom. The van der Waals surface area contributed by atoms with Crippen molar-refractivity contribution in [1.29, 1.82) is 0 Å². The van der Waals surface area contributed by atoms with Gasteiger partial charge in [0.2, 0.25) is 0 Å². The third-order valence-corrected chi connectivity index (χ3v) is 2.39. The number of allylic oxidation sites excluding steroid dienone is 2. The highest BCUT2D eigenvalue weighted by Gasteiger charge is 2.05. The van der Waals surface area contributed by atoms with Crippen LogP contribution in [0.2, 0.25) is 0 Å². The molecule has 0 aliphatic heterocycles. The highest BCUT2D eigenvalue weighted by Crippen LogP contribution is 2.29. The molecule has 1 nitrogen and oxygen atoms in total. The second-order valence-corrected chi connectivity index (χ2v) is 3.60. The molecule has 0 heterocycles. The van der Waals surface area contributed by atoms with Crippen molar-refractivity contribution in [2.75, 3.05) is 0 Å². The molecule has 0 saturated carbocycles. The topological polar surface area (TPSA) is 20.2 Å². The van der Waals surface area contributed by atoms with Crippen LogP contribution in [0.4, 0.5) is 0 Å². The Morgan fingerprint density at radius 3 is 2.31 bits per heavy atom. The van der Waals surface area contributed by atoms with E-state index >= 15 is 0 Å². The summed E-state index contributed by atoms with van der Waals surface area (Å²) < 4.78 is 0. The van der Waals surface area contributed by atoms with Gasteiger partial charge in [-0.3, -0.25) is 0 Å². The van der Waals surface area contributed by atoms with Gasteiger partial charge in [0.15, 0.2) is 0 Å². The maximum Gasteiger partial charge on any atom is 0.125 e. The second-order valence-electron chi connectivity index (χ2n) is 3.60. The summed E-state index contributed by atoms with van der Waals surface area (Å²) in [6, 6.07) is 5.83. The summed E-state index contributed by atoms with van der Waals surface area (Å²) in [6.07, 6.45) is 0. The van der Waals surface area contributed by atoms with E-state index in [1.807, 2.05) is 32.0 Å². The fourth-order valence-corrected chi connectivity index (χ4v) is 1.23. The minimum Gasteiger partial charge on any atom is -0.507 e. The zero-order valence-electron chi connectivity index (χ0n) is 8.68. The van der Waals surface area contributed by atoms with Crippen LogP contribution in [-0.4, -0.2) is 5.11 Å². The predicted octanol–water partition coefficient (Wildman–Crippen LogP) is 3.51. The highest BCUT2D eigenvalue weighted by atomic mass is 16.3. The Morgan fingerprint density at radius 2 is 1.77 bits per heavy atom. The lowest BCUT2D eigenvalue weighted by Crippen LogP contribution is -1.85. The SMILES string of the molecule is CC(C)=C(C)c1cccc(C)c1O. The minimum atomic E-state index is 0.404. The molecule has 0 saturated heterocycles. The van der Waals surface area contributed by atoms with Crippen LogP contribution in [0, 0.1) is 6.92 Å². The number of hydrogen-bond donors (Lipinski definition) is 1. The number of hydrogen-bond acceptors (Lipinski definition) is 1. The van der Waals surface area contributed by atoms with Gasteiger partial charge in [0.25, 0.3) is 0 Å². The molecule has 0 fully saturated rings. The molecular weight excluding hydrogens is 160 g/mol. The molecule has 0 amide bonds. The predicted molar refractivity (Wildman–Crippen MR) is 56.8 cm³/mol. The van der Waals surface area contributed by atoms with E-state index in [9.17, 15) is 5.11 Å². The number of benzene rings is 1. The summed E-state index contributed by atoms with van der Waals surface area (Å²) in [6.45, 7) is 8.05. The van der Waals surface area contributed by atoms with Gasteiger partial charge in [0.1, 0.15) is 5.75 Å². The number of para-hydroxylation sites is 1. The van der Waals surface area contributed by atoms with Gasteiger partial charge in [-0.05, 0) is 38.8 Å². The van der Waals surface area contributed by atoms with Gasteiger partial charge in [0.05, 0.1) is 0 Å². The average molecular weight is 176 g/mol. The molecular formula is C12H16O. The number of aromatic hydroxyl groups is 1. The highest BCUT2D eigenvalue weighted by molar-refractivity contribution is 5.71. The second kappa shape index (κ2) is 3.65. The number of phenols is 1. The summed E-state index contributed by atoms with van der Waals surface area (Å²) in [5.41, 5.74) is 4.26. The smallest absolute Gasteiger partial charge is 0.125 e. The zero-order valence-corrected chi connectivity index (χ0v) is 8.68. The van der Waals surface area contributed by atoms with Crippen LogP contribution in [0.1, 0.15) is 31.9 Å². The maximum atomic E-state index is 9.78. The van der Waals surface area contributed by atoms with Crippen molar-refractivity contribution in [3.05, 3.63) is 34.9 Å². The van der Waals surface area contributed by atoms with E-state index in [4.69, 9.17) is 0 Å². The maximum absolute atomic E-state index is 9.78. The van der Waals surface area contributed by atoms with Gasteiger partial charge in [-0.25, -0.2) is 0 Å². The van der Waals surface area contributed by atoms with Gasteiger partial charge in [0, 0.05) is 5.56 Å². The third kappa shape index (κ3) is 1.92. The quantitative estimate of drug-likeness (QED) is 0.694. The van der Waals surface area contributed by atoms with E-state index < -0.39 is 0 Å². The summed E-state index contributed by atoms with van der Waals surface area (Å²) in [7, 11) is 0. The fourth-order valence-electron chi connectivity index (χ4n) is 1.23. The Balaban J connectivity index is 3.32. The molecule has 1 aromatic carbocycles. The minimum absolute atomic E-state index is 0.404. The normalized spacial score (nSPS) is 9.85. The summed E-state index contributed by atoms with van der Waals surface area (Å²) in [5, 5.41) is 9.78. The molecule has 0 bridgehead atoms. The summed E-state index contributed by atoms with van der Waals surface area (Å²) in [4.78, 5) is 0. The first-order valence-electron chi connectivity index (χ1n) is 4.47. The van der Waals surface area contributed by atoms with Crippen LogP contribution < -0.4 is 0 Å². The molecule has 0 aliphatic rings. The molecule has 13 heavy (non-hydrogen) atoms. The Kier molecular flexibility index (Phi) is 2.76. The lowest BCUT2D eigenvalue weighted by molar-refractivity contribution is 0.469. The summed E-state index contributed by atoms with van der Waals surface area (Å²) >= 11 is 0. The molecule has 1 aromatic rings. The summed E-state index contributed by atoms with van der Waals surface area (Å²) in [5.74, 6) is 0.404. The van der Waals surface area contributed by atoms with E-state index in [0.717, 1.165) is 16.7 Å². The zero-order chi connectivity index (χ0) is 10.0. The molecule has 0 atom stereocenters. The lowest BCUT2D eigenvalue weighted by atomic mass is 10.00. The third-order valence-electron chi connectivity index (χ3n) is 2.39. The van der Waals surface area contributed by atoms with Gasteiger partial charge < -0.3 is 5.11 Å². The van der Waals surface area contributed by atoms with E-state index in [2.05, 4.69) is 13.8 Å². The van der Waals surface area contributed by atoms with Crippen LogP contribution in [0.3, 0.4) is 0 Å². The fraction of sp³-hybridized carbons (Fsp3) is 0.333. The number of phenolic OH excluding ortho intramolecular Hbond substituents is 1. The molecule has 1 N–H and O–H groups in total. The lowest BCUT2D eigenvalue weighted by Gasteiger charge is -2.08. The van der Waals surface area contributed by atoms with E-state index in [-0.39, 0.29) is 0 Å². The number of rotatable bonds is 1. The molecule has 70 valence electrons. The van der Waals surface area contributed by atoms with Crippen LogP contribution in [0.15, 0.2) is 23.8 Å². The van der Waals surface area contributed by atoms with Gasteiger partial charge in [-0.2, -0.15) is 0 Å². The van der Waals surface area contributed by atoms with Crippen molar-refractivity contribution in [3.8, 4) is 5.75 Å². The first kappa shape index (κ1) is 9.85. The Hall–Kier alpha value is -1.24. The standard InChI is InChI=1S/C12H16O/c1-8(2)10(4)11-7-5-6-9(3)12(11)13/h5-7,13H,1-4H3. The van der Waals surface area contributed by atoms with Gasteiger partial charge in [-0.15, -0.1) is 0 Å². The van der Waals surface area contributed by atoms with Gasteiger partial charge in [-0.1, -0.05) is 23.8 Å². The van der Waals surface area contributed by atoms with Crippen LogP contribution >= 0.6 is 0 Å². The van der Waals surface area contributed by atoms with Crippen molar-refractivity contribution in [2.24, 2.45) is 0 Å². The first-order valence-corrected chi connectivity index (χ1v) is 4.47. The van der Waals surface area contributed by atoms with E-state index in [0.29, 0.717) is 5.75 Å². The monoisotopic (exact) mass is 176 g/mol. The molecule has 0 aromatic heterocycles. The van der Waals surface area contributed by atoms with Crippen molar-refractivity contribution in [3.63, 3.8) is 0 Å². The average Bonchev–Trinajstić information content (AvgIpc) is 2.08. The molecule has 0 aliphatic carbocycles. The largest absolute Gasteiger partial charge is 0.507 e. The van der Waals surface area contributed by atoms with E-state index in [1.165, 1.54) is 5.57 Å². The Labute approximate surface area is 79.7 Å². The van der Waals surface area contributed by atoms with Gasteiger partial charge >= 0.3 is 0 Å². The molecule has 1 rings (SSSR count). The van der Waals surface area contributed by atoms with Crippen LogP contribution in [0.25, 0.3) is 5.57 Å². The van der Waals surface area contributed by atoms with Crippen molar-refractivity contribution in [2.45, 2.75) is 27.7 Å². The van der Waals surface area contributed by atoms with Crippen LogP contribution in [-0.2, 0) is 0 Å². The first-order chi connectivity index (χ1) is 6.04. The van der Waals surface area contributed by atoms with Crippen molar-refractivity contribution >= 4 is 5.57 Å². The van der Waals surface area contributed by atoms with E-state index in [1.54, 1.807) is 0 Å². The van der Waals surface area contributed by atoms with Crippen LogP contribution in [0.5, 0.6) is 5.75 Å². The molecule has 0 unspecified atom stereocenters. The Bertz CT molecular complexity index is 344. The van der Waals surface area contributed by atoms with Crippen molar-refractivity contribution < 1.29 is 5.11 Å². The van der Waals surface area contributed by atoms with Crippen molar-refractivity contribution in [1.82, 2.24) is 0 Å². The molecule has 0 spiro atoms.